The van der Waals surface area contributed by atoms with Crippen LogP contribution in [0.1, 0.15) is 35.2 Å². The molecule has 0 aromatic heterocycles. The molecule has 0 spiro atoms. The molecular formula is C25H23BrN2O5S. The molecule has 2 aliphatic rings. The number of carbonyl (C=O) groups excluding carboxylic acids is 1. The third-order valence-electron chi connectivity index (χ3n) is 5.88. The van der Waals surface area contributed by atoms with E-state index in [4.69, 9.17) is 9.47 Å². The summed E-state index contributed by atoms with van der Waals surface area (Å²) in [4.78, 5) is 13.0. The highest BCUT2D eigenvalue weighted by molar-refractivity contribution is 9.10. The van der Waals surface area contributed by atoms with Crippen LogP contribution in [-0.2, 0) is 10.0 Å². The Morgan fingerprint density at radius 3 is 2.50 bits per heavy atom. The molecule has 0 atom stereocenters. The molecule has 2 heterocycles. The summed E-state index contributed by atoms with van der Waals surface area (Å²) in [6.07, 6.45) is 2.58. The normalized spacial score (nSPS) is 16.0. The van der Waals surface area contributed by atoms with Gasteiger partial charge in [-0.2, -0.15) is 4.31 Å². The standard InChI is InChI=1S/C25H23BrN2O5S/c1-16-9-10-21-19(13-16)27-25(29)17-14-24(34(30,31)28-11-5-2-6-12-28)23(15-22(17)33-21)32-20-8-4-3-7-18(20)26/h3-4,7-10,13-15H,2,5-6,11-12H2,1H3,(H,27,29). The first-order valence-electron chi connectivity index (χ1n) is 11.0. The van der Waals surface area contributed by atoms with Crippen molar-refractivity contribution in [1.29, 1.82) is 0 Å². The first-order valence-corrected chi connectivity index (χ1v) is 13.3. The molecule has 0 aliphatic carbocycles. The molecule has 1 N–H and O–H groups in total. The number of para-hydroxylation sites is 1. The summed E-state index contributed by atoms with van der Waals surface area (Å²) < 4.78 is 41.7. The number of ether oxygens (including phenoxy) is 2. The van der Waals surface area contributed by atoms with E-state index in [0.717, 1.165) is 24.8 Å². The van der Waals surface area contributed by atoms with Gasteiger partial charge in [0.1, 0.15) is 16.4 Å². The van der Waals surface area contributed by atoms with E-state index in [1.165, 1.54) is 16.4 Å². The van der Waals surface area contributed by atoms with Gasteiger partial charge in [0, 0.05) is 19.2 Å². The Labute approximate surface area is 206 Å². The van der Waals surface area contributed by atoms with Gasteiger partial charge in [0.05, 0.1) is 15.7 Å². The Balaban J connectivity index is 1.66. The number of aryl methyl sites for hydroxylation is 1. The van der Waals surface area contributed by atoms with Gasteiger partial charge < -0.3 is 14.8 Å². The van der Waals surface area contributed by atoms with Crippen molar-refractivity contribution in [2.75, 3.05) is 18.4 Å². The van der Waals surface area contributed by atoms with Crippen molar-refractivity contribution in [2.45, 2.75) is 31.1 Å². The number of piperidine rings is 1. The van der Waals surface area contributed by atoms with Gasteiger partial charge in [0.2, 0.25) is 10.0 Å². The van der Waals surface area contributed by atoms with Crippen LogP contribution in [0.5, 0.6) is 23.0 Å². The summed E-state index contributed by atoms with van der Waals surface area (Å²) in [6, 6.07) is 15.5. The Morgan fingerprint density at radius 1 is 0.971 bits per heavy atom. The van der Waals surface area contributed by atoms with Gasteiger partial charge in [-0.3, -0.25) is 4.79 Å². The second-order valence-electron chi connectivity index (χ2n) is 8.35. The van der Waals surface area contributed by atoms with Crippen molar-refractivity contribution < 1.29 is 22.7 Å². The molecule has 0 saturated carbocycles. The molecule has 2 aliphatic heterocycles. The topological polar surface area (TPSA) is 84.9 Å². The average Bonchev–Trinajstić information content (AvgIpc) is 2.95. The smallest absolute Gasteiger partial charge is 0.259 e. The number of hydrogen-bond acceptors (Lipinski definition) is 5. The number of halogens is 1. The van der Waals surface area contributed by atoms with E-state index >= 15 is 0 Å². The van der Waals surface area contributed by atoms with Gasteiger partial charge in [-0.1, -0.05) is 24.6 Å². The molecule has 1 amide bonds. The van der Waals surface area contributed by atoms with Crippen molar-refractivity contribution >= 4 is 37.5 Å². The van der Waals surface area contributed by atoms with Crippen LogP contribution in [0.3, 0.4) is 0 Å². The zero-order valence-corrected chi connectivity index (χ0v) is 20.9. The van der Waals surface area contributed by atoms with Crippen LogP contribution in [0, 0.1) is 6.92 Å². The minimum atomic E-state index is -3.91. The molecule has 0 bridgehead atoms. The summed E-state index contributed by atoms with van der Waals surface area (Å²) in [5, 5.41) is 2.84. The van der Waals surface area contributed by atoms with E-state index in [-0.39, 0.29) is 22.0 Å². The number of fused-ring (bicyclic) bond motifs is 2. The van der Waals surface area contributed by atoms with Gasteiger partial charge in [-0.15, -0.1) is 0 Å². The van der Waals surface area contributed by atoms with E-state index in [2.05, 4.69) is 21.2 Å². The van der Waals surface area contributed by atoms with E-state index < -0.39 is 15.9 Å². The van der Waals surface area contributed by atoms with Crippen LogP contribution >= 0.6 is 15.9 Å². The number of benzene rings is 3. The lowest BCUT2D eigenvalue weighted by Crippen LogP contribution is -2.35. The molecule has 34 heavy (non-hydrogen) atoms. The van der Waals surface area contributed by atoms with Gasteiger partial charge in [0.15, 0.2) is 11.5 Å². The zero-order chi connectivity index (χ0) is 23.9. The number of sulfonamides is 1. The predicted molar refractivity (Wildman–Crippen MR) is 132 cm³/mol. The molecule has 176 valence electrons. The second-order valence-corrected chi connectivity index (χ2v) is 11.1. The first-order chi connectivity index (χ1) is 16.3. The average molecular weight is 543 g/mol. The molecular weight excluding hydrogens is 520 g/mol. The van der Waals surface area contributed by atoms with Crippen LogP contribution in [0.2, 0.25) is 0 Å². The maximum atomic E-state index is 13.7. The van der Waals surface area contributed by atoms with Gasteiger partial charge in [-0.05, 0) is 71.6 Å². The largest absolute Gasteiger partial charge is 0.455 e. The number of hydrogen-bond donors (Lipinski definition) is 1. The summed E-state index contributed by atoms with van der Waals surface area (Å²) >= 11 is 3.45. The van der Waals surface area contributed by atoms with Crippen LogP contribution < -0.4 is 14.8 Å². The van der Waals surface area contributed by atoms with Gasteiger partial charge in [-0.25, -0.2) is 8.42 Å². The number of nitrogens with zero attached hydrogens (tertiary/aromatic N) is 1. The number of nitrogens with one attached hydrogen (secondary N) is 1. The predicted octanol–water partition coefficient (Wildman–Crippen LogP) is 6.08. The first kappa shape index (κ1) is 22.9. The Hall–Kier alpha value is -2.88. The van der Waals surface area contributed by atoms with E-state index in [0.29, 0.717) is 34.7 Å². The number of amides is 1. The molecule has 1 fully saturated rings. The highest BCUT2D eigenvalue weighted by Gasteiger charge is 2.33. The van der Waals surface area contributed by atoms with Crippen molar-refractivity contribution in [3.8, 4) is 23.0 Å². The lowest BCUT2D eigenvalue weighted by atomic mass is 10.1. The van der Waals surface area contributed by atoms with Crippen LogP contribution in [0.25, 0.3) is 0 Å². The SMILES string of the molecule is Cc1ccc2c(c1)NC(=O)c1cc(S(=O)(=O)N3CCCCC3)c(Oc3ccccc3Br)cc1O2. The highest BCUT2D eigenvalue weighted by atomic mass is 79.9. The lowest BCUT2D eigenvalue weighted by molar-refractivity contribution is 0.102. The maximum Gasteiger partial charge on any atom is 0.259 e. The lowest BCUT2D eigenvalue weighted by Gasteiger charge is -2.27. The fourth-order valence-corrected chi connectivity index (χ4v) is 6.12. The Morgan fingerprint density at radius 2 is 1.74 bits per heavy atom. The second kappa shape index (κ2) is 9.05. The number of carbonyl (C=O) groups is 1. The van der Waals surface area contributed by atoms with Gasteiger partial charge >= 0.3 is 0 Å². The van der Waals surface area contributed by atoms with Gasteiger partial charge in [0.25, 0.3) is 5.91 Å². The molecule has 3 aromatic carbocycles. The van der Waals surface area contributed by atoms with Crippen LogP contribution in [0.4, 0.5) is 5.69 Å². The third-order valence-corrected chi connectivity index (χ3v) is 8.46. The zero-order valence-electron chi connectivity index (χ0n) is 18.5. The van der Waals surface area contributed by atoms with Crippen molar-refractivity contribution in [3.63, 3.8) is 0 Å². The minimum Gasteiger partial charge on any atom is -0.455 e. The fraction of sp³-hybridized carbons (Fsp3) is 0.240. The Bertz CT molecular complexity index is 1380. The van der Waals surface area contributed by atoms with E-state index in [1.807, 2.05) is 25.1 Å². The Kier molecular flexibility index (Phi) is 6.09. The number of rotatable bonds is 4. The third kappa shape index (κ3) is 4.31. The van der Waals surface area contributed by atoms with Crippen molar-refractivity contribution in [3.05, 3.63) is 70.2 Å². The summed E-state index contributed by atoms with van der Waals surface area (Å²) in [6.45, 7) is 2.78. The summed E-state index contributed by atoms with van der Waals surface area (Å²) in [7, 11) is -3.91. The molecule has 7 nitrogen and oxygen atoms in total. The van der Waals surface area contributed by atoms with Crippen LogP contribution in [-0.4, -0.2) is 31.7 Å². The van der Waals surface area contributed by atoms with E-state index in [9.17, 15) is 13.2 Å². The quantitative estimate of drug-likeness (QED) is 0.431. The van der Waals surface area contributed by atoms with Crippen LogP contribution in [0.15, 0.2) is 64.0 Å². The molecule has 9 heteroatoms. The van der Waals surface area contributed by atoms with E-state index in [1.54, 1.807) is 24.3 Å². The van der Waals surface area contributed by atoms with Crippen molar-refractivity contribution in [1.82, 2.24) is 4.31 Å². The van der Waals surface area contributed by atoms with Crippen molar-refractivity contribution in [2.24, 2.45) is 0 Å². The maximum absolute atomic E-state index is 13.7. The summed E-state index contributed by atoms with van der Waals surface area (Å²) in [5.74, 6) is 0.795. The number of anilines is 1. The molecule has 3 aromatic rings. The summed E-state index contributed by atoms with van der Waals surface area (Å²) in [5.41, 5.74) is 1.61. The minimum absolute atomic E-state index is 0.0650. The molecule has 5 rings (SSSR count). The molecule has 0 unspecified atom stereocenters. The molecule has 0 radical (unpaired) electrons. The fourth-order valence-electron chi connectivity index (χ4n) is 4.11. The molecule has 1 saturated heterocycles. The highest BCUT2D eigenvalue weighted by Crippen LogP contribution is 2.43. The monoisotopic (exact) mass is 542 g/mol.